The minimum absolute atomic E-state index is 0.104. The van der Waals surface area contributed by atoms with Gasteiger partial charge in [0.15, 0.2) is 11.5 Å². The summed E-state index contributed by atoms with van der Waals surface area (Å²) >= 11 is 0. The summed E-state index contributed by atoms with van der Waals surface area (Å²) in [5, 5.41) is 12.5. The summed E-state index contributed by atoms with van der Waals surface area (Å²) in [7, 11) is 3.07. The molecule has 6 nitrogen and oxygen atoms in total. The molecule has 0 bridgehead atoms. The van der Waals surface area contributed by atoms with E-state index in [1.807, 2.05) is 0 Å². The Labute approximate surface area is 109 Å². The Morgan fingerprint density at radius 3 is 2.58 bits per heavy atom. The van der Waals surface area contributed by atoms with Crippen LogP contribution < -0.4 is 9.47 Å². The highest BCUT2D eigenvalue weighted by Crippen LogP contribution is 2.35. The monoisotopic (exact) mass is 263 g/mol. The van der Waals surface area contributed by atoms with Gasteiger partial charge in [0.2, 0.25) is 0 Å². The largest absolute Gasteiger partial charge is 0.497 e. The lowest BCUT2D eigenvalue weighted by molar-refractivity contribution is 0.0685. The zero-order valence-electron chi connectivity index (χ0n) is 10.8. The van der Waals surface area contributed by atoms with Crippen molar-refractivity contribution in [2.24, 2.45) is 0 Å². The SMILES string of the molecule is COc1ccc(-c2onc(C(=O)O)c2C)c(OC)c1. The first-order valence-corrected chi connectivity index (χ1v) is 5.50. The molecule has 1 N–H and O–H groups in total. The van der Waals surface area contributed by atoms with E-state index < -0.39 is 5.97 Å². The van der Waals surface area contributed by atoms with Crippen molar-refractivity contribution in [3.63, 3.8) is 0 Å². The molecule has 1 aromatic heterocycles. The number of carboxylic acids is 1. The van der Waals surface area contributed by atoms with Gasteiger partial charge in [0.25, 0.3) is 0 Å². The van der Waals surface area contributed by atoms with Gasteiger partial charge in [-0.15, -0.1) is 0 Å². The van der Waals surface area contributed by atoms with Crippen molar-refractivity contribution in [2.45, 2.75) is 6.92 Å². The Morgan fingerprint density at radius 2 is 2.05 bits per heavy atom. The molecule has 0 atom stereocenters. The lowest BCUT2D eigenvalue weighted by Gasteiger charge is -2.08. The summed E-state index contributed by atoms with van der Waals surface area (Å²) in [6, 6.07) is 5.16. The van der Waals surface area contributed by atoms with Crippen molar-refractivity contribution < 1.29 is 23.9 Å². The summed E-state index contributed by atoms with van der Waals surface area (Å²) in [5.74, 6) is 0.406. The predicted octanol–water partition coefficient (Wildman–Crippen LogP) is 2.37. The van der Waals surface area contributed by atoms with E-state index in [-0.39, 0.29) is 5.69 Å². The molecule has 0 saturated heterocycles. The van der Waals surface area contributed by atoms with Gasteiger partial charge in [-0.25, -0.2) is 4.79 Å². The van der Waals surface area contributed by atoms with Crippen LogP contribution in [-0.4, -0.2) is 30.5 Å². The summed E-state index contributed by atoms with van der Waals surface area (Å²) in [5.41, 5.74) is 0.977. The molecule has 0 unspecified atom stereocenters. The fourth-order valence-electron chi connectivity index (χ4n) is 1.77. The molecule has 0 radical (unpaired) electrons. The van der Waals surface area contributed by atoms with Crippen molar-refractivity contribution in [3.05, 3.63) is 29.5 Å². The molecule has 0 fully saturated rings. The Hall–Kier alpha value is -2.50. The lowest BCUT2D eigenvalue weighted by Crippen LogP contribution is -1.98. The van der Waals surface area contributed by atoms with Crippen molar-refractivity contribution >= 4 is 5.97 Å². The van der Waals surface area contributed by atoms with Crippen LogP contribution in [0.4, 0.5) is 0 Å². The van der Waals surface area contributed by atoms with Crippen LogP contribution in [0.1, 0.15) is 16.1 Å². The zero-order valence-corrected chi connectivity index (χ0v) is 10.8. The lowest BCUT2D eigenvalue weighted by atomic mass is 10.1. The summed E-state index contributed by atoms with van der Waals surface area (Å²) in [6.45, 7) is 1.64. The number of hydrogen-bond donors (Lipinski definition) is 1. The summed E-state index contributed by atoms with van der Waals surface area (Å²) in [4.78, 5) is 10.9. The molecular formula is C13H13NO5. The van der Waals surface area contributed by atoms with E-state index in [2.05, 4.69) is 5.16 Å². The minimum Gasteiger partial charge on any atom is -0.497 e. The van der Waals surface area contributed by atoms with Gasteiger partial charge < -0.3 is 19.1 Å². The first-order valence-electron chi connectivity index (χ1n) is 5.50. The molecule has 0 saturated carbocycles. The first-order chi connectivity index (χ1) is 9.08. The number of nitrogens with zero attached hydrogens (tertiary/aromatic N) is 1. The van der Waals surface area contributed by atoms with Crippen LogP contribution in [0.2, 0.25) is 0 Å². The normalized spacial score (nSPS) is 10.3. The second-order valence-corrected chi connectivity index (χ2v) is 3.86. The maximum absolute atomic E-state index is 10.9. The van der Waals surface area contributed by atoms with Gasteiger partial charge in [0.05, 0.1) is 19.8 Å². The van der Waals surface area contributed by atoms with Gasteiger partial charge in [-0.1, -0.05) is 5.16 Å². The highest BCUT2D eigenvalue weighted by Gasteiger charge is 2.21. The average Bonchev–Trinajstić information content (AvgIpc) is 2.79. The van der Waals surface area contributed by atoms with Crippen LogP contribution in [0.15, 0.2) is 22.7 Å². The number of hydrogen-bond acceptors (Lipinski definition) is 5. The molecule has 0 aliphatic rings. The first kappa shape index (κ1) is 12.9. The third-order valence-corrected chi connectivity index (χ3v) is 2.78. The van der Waals surface area contributed by atoms with Gasteiger partial charge in [-0.2, -0.15) is 0 Å². The van der Waals surface area contributed by atoms with Crippen molar-refractivity contribution in [1.29, 1.82) is 0 Å². The van der Waals surface area contributed by atoms with E-state index in [1.165, 1.54) is 7.11 Å². The molecule has 2 rings (SSSR count). The quantitative estimate of drug-likeness (QED) is 0.911. The molecule has 0 aliphatic carbocycles. The molecule has 100 valence electrons. The van der Waals surface area contributed by atoms with E-state index >= 15 is 0 Å². The van der Waals surface area contributed by atoms with Gasteiger partial charge in [-0.3, -0.25) is 0 Å². The molecule has 0 amide bonds. The maximum atomic E-state index is 10.9. The molecule has 19 heavy (non-hydrogen) atoms. The number of carbonyl (C=O) groups is 1. The van der Waals surface area contributed by atoms with Crippen LogP contribution in [0.25, 0.3) is 11.3 Å². The van der Waals surface area contributed by atoms with Gasteiger partial charge in [0.1, 0.15) is 11.5 Å². The fraction of sp³-hybridized carbons (Fsp3) is 0.231. The molecule has 1 heterocycles. The topological polar surface area (TPSA) is 81.8 Å². The number of ether oxygens (including phenoxy) is 2. The average molecular weight is 263 g/mol. The van der Waals surface area contributed by atoms with Crippen LogP contribution in [0, 0.1) is 6.92 Å². The Balaban J connectivity index is 2.55. The van der Waals surface area contributed by atoms with E-state index in [0.29, 0.717) is 28.4 Å². The van der Waals surface area contributed by atoms with E-state index in [9.17, 15) is 4.79 Å². The third-order valence-electron chi connectivity index (χ3n) is 2.78. The molecule has 0 spiro atoms. The van der Waals surface area contributed by atoms with Crippen LogP contribution >= 0.6 is 0 Å². The minimum atomic E-state index is -1.13. The third kappa shape index (κ3) is 2.24. The smallest absolute Gasteiger partial charge is 0.358 e. The van der Waals surface area contributed by atoms with Crippen molar-refractivity contribution in [1.82, 2.24) is 5.16 Å². The molecule has 6 heteroatoms. The summed E-state index contributed by atoms with van der Waals surface area (Å²) < 4.78 is 15.5. The predicted molar refractivity (Wildman–Crippen MR) is 66.7 cm³/mol. The van der Waals surface area contributed by atoms with Gasteiger partial charge in [-0.05, 0) is 19.1 Å². The fourth-order valence-corrected chi connectivity index (χ4v) is 1.77. The van der Waals surface area contributed by atoms with E-state index in [0.717, 1.165) is 0 Å². The maximum Gasteiger partial charge on any atom is 0.358 e. The van der Waals surface area contributed by atoms with Crippen molar-refractivity contribution in [3.8, 4) is 22.8 Å². The molecule has 1 aromatic carbocycles. The number of benzene rings is 1. The Kier molecular flexibility index (Phi) is 3.41. The number of carboxylic acid groups (broad SMARTS) is 1. The summed E-state index contributed by atoms with van der Waals surface area (Å²) in [6.07, 6.45) is 0. The van der Waals surface area contributed by atoms with E-state index in [1.54, 1.807) is 32.2 Å². The highest BCUT2D eigenvalue weighted by atomic mass is 16.5. The Morgan fingerprint density at radius 1 is 1.32 bits per heavy atom. The van der Waals surface area contributed by atoms with Crippen LogP contribution in [-0.2, 0) is 0 Å². The zero-order chi connectivity index (χ0) is 14.0. The molecule has 2 aromatic rings. The number of aromatic carboxylic acids is 1. The highest BCUT2D eigenvalue weighted by molar-refractivity contribution is 5.89. The van der Waals surface area contributed by atoms with Crippen molar-refractivity contribution in [2.75, 3.05) is 14.2 Å². The van der Waals surface area contributed by atoms with Crippen LogP contribution in [0.3, 0.4) is 0 Å². The Bertz CT molecular complexity index is 617. The van der Waals surface area contributed by atoms with Gasteiger partial charge in [0, 0.05) is 11.6 Å². The molecule has 0 aliphatic heterocycles. The number of rotatable bonds is 4. The standard InChI is InChI=1S/C13H13NO5/c1-7-11(13(15)16)14-19-12(7)9-5-4-8(17-2)6-10(9)18-3/h4-6H,1-3H3,(H,15,16). The number of aromatic nitrogens is 1. The second kappa shape index (κ2) is 5.01. The molecular weight excluding hydrogens is 250 g/mol. The number of methoxy groups -OCH3 is 2. The van der Waals surface area contributed by atoms with Gasteiger partial charge >= 0.3 is 5.97 Å². The van der Waals surface area contributed by atoms with E-state index in [4.69, 9.17) is 19.1 Å². The second-order valence-electron chi connectivity index (χ2n) is 3.86. The van der Waals surface area contributed by atoms with Crippen LogP contribution in [0.5, 0.6) is 11.5 Å².